The highest BCUT2D eigenvalue weighted by Gasteiger charge is 2.42. The van der Waals surface area contributed by atoms with Crippen molar-refractivity contribution in [2.24, 2.45) is 11.7 Å². The average molecular weight is 247 g/mol. The van der Waals surface area contributed by atoms with Crippen LogP contribution in [-0.2, 0) is 4.79 Å². The molecule has 3 unspecified atom stereocenters. The highest BCUT2D eigenvalue weighted by molar-refractivity contribution is 5.85. The molecule has 3 nitrogen and oxygen atoms in total. The summed E-state index contributed by atoms with van der Waals surface area (Å²) in [5.41, 5.74) is 5.71. The SMILES string of the molecule is CC1CC2CCCCC2N1C(=O)[C@@H](C)N.Cl. The fourth-order valence-corrected chi connectivity index (χ4v) is 3.32. The molecule has 0 aromatic heterocycles. The van der Waals surface area contributed by atoms with Gasteiger partial charge in [-0.3, -0.25) is 4.79 Å². The van der Waals surface area contributed by atoms with E-state index >= 15 is 0 Å². The Kier molecular flexibility index (Phi) is 4.62. The van der Waals surface area contributed by atoms with Gasteiger partial charge >= 0.3 is 0 Å². The van der Waals surface area contributed by atoms with Crippen molar-refractivity contribution in [1.29, 1.82) is 0 Å². The Labute approximate surface area is 104 Å². The molecule has 94 valence electrons. The van der Waals surface area contributed by atoms with Crippen molar-refractivity contribution in [3.63, 3.8) is 0 Å². The van der Waals surface area contributed by atoms with Crippen molar-refractivity contribution in [3.05, 3.63) is 0 Å². The van der Waals surface area contributed by atoms with Gasteiger partial charge in [0, 0.05) is 12.1 Å². The van der Waals surface area contributed by atoms with Crippen molar-refractivity contribution in [3.8, 4) is 0 Å². The van der Waals surface area contributed by atoms with E-state index in [1.165, 1.54) is 32.1 Å². The Bertz CT molecular complexity index is 257. The van der Waals surface area contributed by atoms with Gasteiger partial charge in [0.15, 0.2) is 0 Å². The zero-order valence-electron chi connectivity index (χ0n) is 10.2. The third-order valence-electron chi connectivity index (χ3n) is 3.99. The number of rotatable bonds is 1. The fourth-order valence-electron chi connectivity index (χ4n) is 3.32. The van der Waals surface area contributed by atoms with Gasteiger partial charge in [0.1, 0.15) is 0 Å². The van der Waals surface area contributed by atoms with E-state index in [1.807, 2.05) is 0 Å². The van der Waals surface area contributed by atoms with Gasteiger partial charge in [-0.05, 0) is 39.0 Å². The number of fused-ring (bicyclic) bond motifs is 1. The molecule has 0 aromatic carbocycles. The maximum absolute atomic E-state index is 12.0. The second-order valence-electron chi connectivity index (χ2n) is 5.23. The molecule has 2 aliphatic rings. The maximum Gasteiger partial charge on any atom is 0.239 e. The van der Waals surface area contributed by atoms with Crippen molar-refractivity contribution in [2.45, 2.75) is 64.1 Å². The Morgan fingerprint density at radius 1 is 1.38 bits per heavy atom. The molecule has 4 atom stereocenters. The van der Waals surface area contributed by atoms with Crippen LogP contribution in [0, 0.1) is 5.92 Å². The van der Waals surface area contributed by atoms with E-state index in [0.29, 0.717) is 12.1 Å². The van der Waals surface area contributed by atoms with Crippen LogP contribution < -0.4 is 5.73 Å². The Hall–Kier alpha value is -0.280. The van der Waals surface area contributed by atoms with Crippen LogP contribution in [0.4, 0.5) is 0 Å². The zero-order valence-corrected chi connectivity index (χ0v) is 11.0. The second kappa shape index (κ2) is 5.37. The highest BCUT2D eigenvalue weighted by atomic mass is 35.5. The standard InChI is InChI=1S/C12H22N2O.ClH/c1-8-7-10-5-3-4-6-11(10)14(8)12(15)9(2)13;/h8-11H,3-7,13H2,1-2H3;1H/t8?,9-,10?,11?;/m1./s1. The number of hydrogen-bond donors (Lipinski definition) is 1. The predicted octanol–water partition coefficient (Wildman–Crippen LogP) is 1.94. The van der Waals surface area contributed by atoms with Gasteiger partial charge in [-0.15, -0.1) is 12.4 Å². The number of carbonyl (C=O) groups is 1. The van der Waals surface area contributed by atoms with Gasteiger partial charge in [-0.1, -0.05) is 12.8 Å². The van der Waals surface area contributed by atoms with Crippen LogP contribution in [0.2, 0.25) is 0 Å². The molecule has 0 spiro atoms. The van der Waals surface area contributed by atoms with Gasteiger partial charge < -0.3 is 10.6 Å². The molecule has 2 rings (SSSR count). The minimum atomic E-state index is -0.340. The molecule has 2 fully saturated rings. The minimum absolute atomic E-state index is 0. The summed E-state index contributed by atoms with van der Waals surface area (Å²) in [4.78, 5) is 14.1. The number of nitrogens with zero attached hydrogens (tertiary/aromatic N) is 1. The molecule has 0 aromatic rings. The summed E-state index contributed by atoms with van der Waals surface area (Å²) in [5, 5.41) is 0. The number of hydrogen-bond acceptors (Lipinski definition) is 2. The fraction of sp³-hybridized carbons (Fsp3) is 0.917. The van der Waals surface area contributed by atoms with E-state index < -0.39 is 0 Å². The zero-order chi connectivity index (χ0) is 11.0. The maximum atomic E-state index is 12.0. The van der Waals surface area contributed by atoms with E-state index in [-0.39, 0.29) is 24.4 Å². The van der Waals surface area contributed by atoms with E-state index in [1.54, 1.807) is 6.92 Å². The molecule has 1 aliphatic carbocycles. The van der Waals surface area contributed by atoms with Gasteiger partial charge in [-0.25, -0.2) is 0 Å². The third-order valence-corrected chi connectivity index (χ3v) is 3.99. The van der Waals surface area contributed by atoms with Gasteiger partial charge in [0.05, 0.1) is 6.04 Å². The number of halogens is 1. The van der Waals surface area contributed by atoms with Gasteiger partial charge in [0.25, 0.3) is 0 Å². The second-order valence-corrected chi connectivity index (χ2v) is 5.23. The van der Waals surface area contributed by atoms with E-state index in [4.69, 9.17) is 5.73 Å². The molecule has 0 bridgehead atoms. The summed E-state index contributed by atoms with van der Waals surface area (Å²) in [6.07, 6.45) is 6.29. The van der Waals surface area contributed by atoms with E-state index in [0.717, 1.165) is 5.92 Å². The Morgan fingerprint density at radius 3 is 2.62 bits per heavy atom. The largest absolute Gasteiger partial charge is 0.335 e. The molecule has 0 radical (unpaired) electrons. The van der Waals surface area contributed by atoms with Crippen LogP contribution in [0.25, 0.3) is 0 Å². The van der Waals surface area contributed by atoms with Crippen LogP contribution in [0.3, 0.4) is 0 Å². The molecular formula is C12H23ClN2O. The molecule has 4 heteroatoms. The van der Waals surface area contributed by atoms with E-state index in [2.05, 4.69) is 11.8 Å². The van der Waals surface area contributed by atoms with E-state index in [9.17, 15) is 4.79 Å². The van der Waals surface area contributed by atoms with Crippen LogP contribution in [-0.4, -0.2) is 28.9 Å². The first-order chi connectivity index (χ1) is 7.11. The van der Waals surface area contributed by atoms with Crippen LogP contribution >= 0.6 is 12.4 Å². The summed E-state index contributed by atoms with van der Waals surface area (Å²) in [5.74, 6) is 0.897. The first-order valence-corrected chi connectivity index (χ1v) is 6.19. The Morgan fingerprint density at radius 2 is 2.00 bits per heavy atom. The van der Waals surface area contributed by atoms with Crippen LogP contribution in [0.1, 0.15) is 46.0 Å². The van der Waals surface area contributed by atoms with Crippen molar-refractivity contribution >= 4 is 18.3 Å². The minimum Gasteiger partial charge on any atom is -0.335 e. The average Bonchev–Trinajstić information content (AvgIpc) is 2.52. The first kappa shape index (κ1) is 13.8. The molecule has 16 heavy (non-hydrogen) atoms. The van der Waals surface area contributed by atoms with Crippen molar-refractivity contribution in [2.75, 3.05) is 0 Å². The first-order valence-electron chi connectivity index (χ1n) is 6.19. The molecule has 1 aliphatic heterocycles. The Balaban J connectivity index is 0.00000128. The molecule has 1 amide bonds. The summed E-state index contributed by atoms with van der Waals surface area (Å²) in [6, 6.07) is 0.553. The summed E-state index contributed by atoms with van der Waals surface area (Å²) >= 11 is 0. The quantitative estimate of drug-likeness (QED) is 0.769. The van der Waals surface area contributed by atoms with Gasteiger partial charge in [-0.2, -0.15) is 0 Å². The van der Waals surface area contributed by atoms with Crippen molar-refractivity contribution in [1.82, 2.24) is 4.90 Å². The summed E-state index contributed by atoms with van der Waals surface area (Å²) < 4.78 is 0. The smallest absolute Gasteiger partial charge is 0.239 e. The third kappa shape index (κ3) is 2.35. The number of likely N-dealkylation sites (tertiary alicyclic amines) is 1. The molecule has 1 heterocycles. The highest BCUT2D eigenvalue weighted by Crippen LogP contribution is 2.39. The molecular weight excluding hydrogens is 224 g/mol. The number of nitrogens with two attached hydrogens (primary N) is 1. The molecule has 1 saturated heterocycles. The van der Waals surface area contributed by atoms with Gasteiger partial charge in [0.2, 0.25) is 5.91 Å². The predicted molar refractivity (Wildman–Crippen MR) is 67.6 cm³/mol. The summed E-state index contributed by atoms with van der Waals surface area (Å²) in [7, 11) is 0. The number of carbonyl (C=O) groups excluding carboxylic acids is 1. The normalized spacial score (nSPS) is 35.2. The van der Waals surface area contributed by atoms with Crippen molar-refractivity contribution < 1.29 is 4.79 Å². The molecule has 1 saturated carbocycles. The van der Waals surface area contributed by atoms with Crippen LogP contribution in [0.5, 0.6) is 0 Å². The lowest BCUT2D eigenvalue weighted by atomic mass is 9.85. The number of amides is 1. The monoisotopic (exact) mass is 246 g/mol. The van der Waals surface area contributed by atoms with Crippen LogP contribution in [0.15, 0.2) is 0 Å². The lowest BCUT2D eigenvalue weighted by Gasteiger charge is -2.34. The lowest BCUT2D eigenvalue weighted by molar-refractivity contribution is -0.135. The topological polar surface area (TPSA) is 46.3 Å². The lowest BCUT2D eigenvalue weighted by Crippen LogP contribution is -2.48. The molecule has 2 N–H and O–H groups in total. The summed E-state index contributed by atoms with van der Waals surface area (Å²) in [6.45, 7) is 3.96.